The second-order valence-corrected chi connectivity index (χ2v) is 9.48. The lowest BCUT2D eigenvalue weighted by Gasteiger charge is -2.20. The molecule has 0 saturated heterocycles. The number of carboxylic acids is 1. The molecule has 0 radical (unpaired) electrons. The van der Waals surface area contributed by atoms with Crippen LogP contribution in [-0.2, 0) is 14.3 Å². The van der Waals surface area contributed by atoms with E-state index in [0.29, 0.717) is 32.1 Å². The van der Waals surface area contributed by atoms with E-state index < -0.39 is 17.5 Å². The van der Waals surface area contributed by atoms with Gasteiger partial charge in [-0.3, -0.25) is 9.59 Å². The van der Waals surface area contributed by atoms with Crippen LogP contribution in [0, 0.1) is 11.3 Å². The highest BCUT2D eigenvalue weighted by Crippen LogP contribution is 2.46. The summed E-state index contributed by atoms with van der Waals surface area (Å²) in [7, 11) is 0. The summed E-state index contributed by atoms with van der Waals surface area (Å²) in [6.45, 7) is 0.461. The first-order valence-electron chi connectivity index (χ1n) is 11.6. The number of fused-ring (bicyclic) bond motifs is 3. The van der Waals surface area contributed by atoms with Gasteiger partial charge in [0.25, 0.3) is 0 Å². The van der Waals surface area contributed by atoms with Gasteiger partial charge in [0.15, 0.2) is 0 Å². The highest BCUT2D eigenvalue weighted by Gasteiger charge is 2.51. The van der Waals surface area contributed by atoms with E-state index in [1.807, 2.05) is 24.3 Å². The molecule has 2 aromatic rings. The smallest absolute Gasteiger partial charge is 0.407 e. The summed E-state index contributed by atoms with van der Waals surface area (Å²) in [5.74, 6) is -1.29. The van der Waals surface area contributed by atoms with Crippen molar-refractivity contribution in [3.05, 3.63) is 59.7 Å². The maximum Gasteiger partial charge on any atom is 0.407 e. The Hall–Kier alpha value is -3.35. The van der Waals surface area contributed by atoms with Crippen LogP contribution in [0.3, 0.4) is 0 Å². The van der Waals surface area contributed by atoms with Crippen molar-refractivity contribution >= 4 is 18.0 Å². The molecular formula is C26H28N2O5. The number of hydrogen-bond donors (Lipinski definition) is 3. The molecule has 5 rings (SSSR count). The van der Waals surface area contributed by atoms with Gasteiger partial charge in [0.2, 0.25) is 5.91 Å². The van der Waals surface area contributed by atoms with Crippen molar-refractivity contribution in [1.82, 2.24) is 10.6 Å². The van der Waals surface area contributed by atoms with Crippen molar-refractivity contribution in [3.63, 3.8) is 0 Å². The zero-order valence-corrected chi connectivity index (χ0v) is 18.4. The molecule has 3 aliphatic carbocycles. The number of benzene rings is 2. The molecule has 2 aromatic carbocycles. The van der Waals surface area contributed by atoms with Crippen LogP contribution in [0.2, 0.25) is 0 Å². The van der Waals surface area contributed by atoms with E-state index in [-0.39, 0.29) is 36.9 Å². The van der Waals surface area contributed by atoms with Gasteiger partial charge in [0, 0.05) is 18.5 Å². The highest BCUT2D eigenvalue weighted by molar-refractivity contribution is 5.86. The lowest BCUT2D eigenvalue weighted by molar-refractivity contribution is -0.141. The molecule has 7 heteroatoms. The van der Waals surface area contributed by atoms with Crippen LogP contribution in [0.25, 0.3) is 11.1 Å². The van der Waals surface area contributed by atoms with Crippen molar-refractivity contribution in [1.29, 1.82) is 0 Å². The van der Waals surface area contributed by atoms with Crippen molar-refractivity contribution in [3.8, 4) is 11.1 Å². The van der Waals surface area contributed by atoms with E-state index >= 15 is 0 Å². The van der Waals surface area contributed by atoms with Gasteiger partial charge in [-0.15, -0.1) is 0 Å². The molecule has 3 aliphatic rings. The Morgan fingerprint density at radius 3 is 2.18 bits per heavy atom. The molecule has 3 N–H and O–H groups in total. The number of aliphatic carboxylic acids is 1. The fourth-order valence-electron chi connectivity index (χ4n) is 5.20. The number of nitrogens with one attached hydrogen (secondary N) is 2. The van der Waals surface area contributed by atoms with Crippen molar-refractivity contribution in [2.45, 2.75) is 44.1 Å². The average molecular weight is 449 g/mol. The maximum absolute atomic E-state index is 12.8. The minimum absolute atomic E-state index is 0.00844. The summed E-state index contributed by atoms with van der Waals surface area (Å²) in [6.07, 6.45) is 2.62. The van der Waals surface area contributed by atoms with E-state index in [0.717, 1.165) is 11.1 Å². The summed E-state index contributed by atoms with van der Waals surface area (Å²) in [6, 6.07) is 16.2. The van der Waals surface area contributed by atoms with Gasteiger partial charge in [0.05, 0.1) is 11.3 Å². The fraction of sp³-hybridized carbons (Fsp3) is 0.423. The van der Waals surface area contributed by atoms with Gasteiger partial charge in [-0.05, 0) is 54.4 Å². The molecule has 0 heterocycles. The van der Waals surface area contributed by atoms with E-state index in [9.17, 15) is 14.4 Å². The Morgan fingerprint density at radius 2 is 1.61 bits per heavy atom. The lowest BCUT2D eigenvalue weighted by atomic mass is 9.98. The third-order valence-corrected chi connectivity index (χ3v) is 7.37. The molecule has 2 fully saturated rings. The monoisotopic (exact) mass is 448 g/mol. The summed E-state index contributed by atoms with van der Waals surface area (Å²) in [5, 5.41) is 14.9. The molecule has 0 aromatic heterocycles. The molecule has 0 unspecified atom stereocenters. The topological polar surface area (TPSA) is 105 Å². The highest BCUT2D eigenvalue weighted by atomic mass is 16.5. The average Bonchev–Trinajstić information content (AvgIpc) is 3.36. The van der Waals surface area contributed by atoms with Crippen LogP contribution in [0.5, 0.6) is 0 Å². The van der Waals surface area contributed by atoms with Gasteiger partial charge in [-0.2, -0.15) is 0 Å². The Morgan fingerprint density at radius 1 is 0.970 bits per heavy atom. The molecule has 172 valence electrons. The van der Waals surface area contributed by atoms with Gasteiger partial charge in [0.1, 0.15) is 6.61 Å². The second kappa shape index (κ2) is 8.54. The number of carbonyl (C=O) groups excluding carboxylic acids is 2. The first-order valence-corrected chi connectivity index (χ1v) is 11.6. The molecule has 0 bridgehead atoms. The SMILES string of the molecule is O=C(NCC1(C(=O)N[C@H]2CC[C@@H](C(=O)O)C2)CC1)OCC1c2ccccc2-c2ccccc21. The van der Waals surface area contributed by atoms with Crippen molar-refractivity contribution in [2.75, 3.05) is 13.2 Å². The van der Waals surface area contributed by atoms with Crippen molar-refractivity contribution in [2.24, 2.45) is 11.3 Å². The first kappa shape index (κ1) is 21.5. The number of carbonyl (C=O) groups is 3. The molecule has 0 aliphatic heterocycles. The standard InChI is InChI=1S/C26H28N2O5/c29-23(30)16-9-10-17(13-16)28-24(31)26(11-12-26)15-27-25(32)33-14-22-20-7-3-1-5-18(20)19-6-2-4-8-21(19)22/h1-8,16-17,22H,9-15H2,(H,27,32)(H,28,31)(H,29,30)/t16-,17+/m1/s1. The van der Waals surface area contributed by atoms with Crippen LogP contribution >= 0.6 is 0 Å². The minimum Gasteiger partial charge on any atom is -0.481 e. The maximum atomic E-state index is 12.8. The zero-order valence-electron chi connectivity index (χ0n) is 18.4. The molecule has 2 atom stereocenters. The summed E-state index contributed by atoms with van der Waals surface area (Å²) >= 11 is 0. The van der Waals surface area contributed by atoms with E-state index in [4.69, 9.17) is 9.84 Å². The third-order valence-electron chi connectivity index (χ3n) is 7.37. The molecular weight excluding hydrogens is 420 g/mol. The van der Waals surface area contributed by atoms with E-state index in [2.05, 4.69) is 34.9 Å². The van der Waals surface area contributed by atoms with Crippen LogP contribution in [0.1, 0.15) is 49.1 Å². The largest absolute Gasteiger partial charge is 0.481 e. The second-order valence-electron chi connectivity index (χ2n) is 9.48. The molecule has 7 nitrogen and oxygen atoms in total. The molecule has 0 spiro atoms. The number of carboxylic acid groups (broad SMARTS) is 1. The normalized spacial score (nSPS) is 22.2. The van der Waals surface area contributed by atoms with E-state index in [1.54, 1.807) is 0 Å². The number of hydrogen-bond acceptors (Lipinski definition) is 4. The molecule has 2 amide bonds. The van der Waals surface area contributed by atoms with Gasteiger partial charge in [-0.25, -0.2) is 4.79 Å². The third kappa shape index (κ3) is 4.19. The van der Waals surface area contributed by atoms with Crippen LogP contribution in [0.4, 0.5) is 4.79 Å². The predicted molar refractivity (Wildman–Crippen MR) is 122 cm³/mol. The van der Waals surface area contributed by atoms with Gasteiger partial charge >= 0.3 is 12.1 Å². The quantitative estimate of drug-likeness (QED) is 0.599. The number of alkyl carbamates (subject to hydrolysis) is 1. The van der Waals surface area contributed by atoms with Crippen molar-refractivity contribution < 1.29 is 24.2 Å². The summed E-state index contributed by atoms with van der Waals surface area (Å²) < 4.78 is 5.57. The Labute approximate surface area is 192 Å². The van der Waals surface area contributed by atoms with E-state index in [1.165, 1.54) is 11.1 Å². The van der Waals surface area contributed by atoms with Gasteiger partial charge < -0.3 is 20.5 Å². The number of ether oxygens (including phenoxy) is 1. The number of amides is 2. The minimum atomic E-state index is -0.801. The summed E-state index contributed by atoms with van der Waals surface area (Å²) in [5.41, 5.74) is 4.05. The Balaban J connectivity index is 1.13. The van der Waals surface area contributed by atoms with Crippen LogP contribution < -0.4 is 10.6 Å². The van der Waals surface area contributed by atoms with Crippen LogP contribution in [0.15, 0.2) is 48.5 Å². The number of rotatable bonds is 7. The zero-order chi connectivity index (χ0) is 23.0. The summed E-state index contributed by atoms with van der Waals surface area (Å²) in [4.78, 5) is 36.4. The predicted octanol–water partition coefficient (Wildman–Crippen LogP) is 3.67. The Bertz CT molecular complexity index is 1050. The Kier molecular flexibility index (Phi) is 5.56. The molecule has 33 heavy (non-hydrogen) atoms. The lowest BCUT2D eigenvalue weighted by Crippen LogP contribution is -2.44. The molecule has 2 saturated carbocycles. The fourth-order valence-corrected chi connectivity index (χ4v) is 5.20. The van der Waals surface area contributed by atoms with Gasteiger partial charge in [-0.1, -0.05) is 48.5 Å². The van der Waals surface area contributed by atoms with Crippen LogP contribution in [-0.4, -0.2) is 42.3 Å². The first-order chi connectivity index (χ1) is 16.0.